The average molecular weight is 232 g/mol. The van der Waals surface area contributed by atoms with Crippen molar-refractivity contribution in [1.82, 2.24) is 0 Å². The molecule has 0 aromatic carbocycles. The van der Waals surface area contributed by atoms with Crippen molar-refractivity contribution in [2.75, 3.05) is 13.2 Å². The molecule has 0 unspecified atom stereocenters. The van der Waals surface area contributed by atoms with Crippen LogP contribution >= 0.6 is 0 Å². The summed E-state index contributed by atoms with van der Waals surface area (Å²) >= 11 is 0. The van der Waals surface area contributed by atoms with Crippen LogP contribution in [0.25, 0.3) is 0 Å². The first-order valence-corrected chi connectivity index (χ1v) is 6.28. The van der Waals surface area contributed by atoms with E-state index in [9.17, 15) is 4.79 Å². The highest BCUT2D eigenvalue weighted by Crippen LogP contribution is 1.98. The normalized spacial score (nSPS) is 9.62. The fourth-order valence-electron chi connectivity index (χ4n) is 0.977. The number of carbonyl (C=O) groups excluding carboxylic acids is 1. The molecule has 0 bridgehead atoms. The van der Waals surface area contributed by atoms with Gasteiger partial charge in [0.05, 0.1) is 6.61 Å². The zero-order valence-corrected chi connectivity index (χ0v) is 11.3. The lowest BCUT2D eigenvalue weighted by Crippen LogP contribution is -2.02. The minimum absolute atomic E-state index is 0.185. The Balaban J connectivity index is 0. The molecule has 0 aliphatic carbocycles. The molecule has 0 aromatic rings. The van der Waals surface area contributed by atoms with Crippen LogP contribution in [0.5, 0.6) is 0 Å². The number of unbranched alkanes of at least 4 members (excludes halogenated alkanes) is 3. The molecule has 16 heavy (non-hydrogen) atoms. The maximum absolute atomic E-state index is 10.2. The van der Waals surface area contributed by atoms with E-state index in [2.05, 4.69) is 20.8 Å². The topological polar surface area (TPSA) is 46.5 Å². The van der Waals surface area contributed by atoms with E-state index in [1.165, 1.54) is 26.2 Å². The fourth-order valence-corrected chi connectivity index (χ4v) is 0.977. The van der Waals surface area contributed by atoms with E-state index < -0.39 is 0 Å². The minimum atomic E-state index is -0.185. The van der Waals surface area contributed by atoms with Crippen LogP contribution in [-0.2, 0) is 9.53 Å². The van der Waals surface area contributed by atoms with Crippen molar-refractivity contribution in [2.24, 2.45) is 5.92 Å². The van der Waals surface area contributed by atoms with Crippen molar-refractivity contribution < 1.29 is 14.6 Å². The lowest BCUT2D eigenvalue weighted by molar-refractivity contribution is -0.141. The van der Waals surface area contributed by atoms with Crippen LogP contribution in [0.4, 0.5) is 0 Å². The van der Waals surface area contributed by atoms with Crippen molar-refractivity contribution in [3.8, 4) is 0 Å². The summed E-state index contributed by atoms with van der Waals surface area (Å²) < 4.78 is 4.71. The molecule has 0 radical (unpaired) electrons. The Morgan fingerprint density at radius 1 is 1.25 bits per heavy atom. The van der Waals surface area contributed by atoms with Crippen molar-refractivity contribution in [3.05, 3.63) is 0 Å². The van der Waals surface area contributed by atoms with Gasteiger partial charge in [0.15, 0.2) is 0 Å². The van der Waals surface area contributed by atoms with Gasteiger partial charge in [0.25, 0.3) is 0 Å². The Hall–Kier alpha value is -0.570. The van der Waals surface area contributed by atoms with Crippen LogP contribution in [0.15, 0.2) is 0 Å². The predicted molar refractivity (Wildman–Crippen MR) is 67.3 cm³/mol. The molecule has 0 atom stereocenters. The van der Waals surface area contributed by atoms with E-state index in [0.717, 1.165) is 12.8 Å². The van der Waals surface area contributed by atoms with Gasteiger partial charge in [0.1, 0.15) is 0 Å². The number of carbonyl (C=O) groups is 1. The van der Waals surface area contributed by atoms with Crippen molar-refractivity contribution in [1.29, 1.82) is 0 Å². The number of hydrogen-bond acceptors (Lipinski definition) is 3. The van der Waals surface area contributed by atoms with Crippen molar-refractivity contribution in [2.45, 2.75) is 59.8 Å². The molecule has 0 aromatic heterocycles. The van der Waals surface area contributed by atoms with Crippen LogP contribution in [0.3, 0.4) is 0 Å². The van der Waals surface area contributed by atoms with Crippen molar-refractivity contribution >= 4 is 5.97 Å². The number of hydrogen-bond donors (Lipinski definition) is 1. The summed E-state index contributed by atoms with van der Waals surface area (Å²) in [5.74, 6) is 0.431. The Morgan fingerprint density at radius 3 is 2.25 bits per heavy atom. The van der Waals surface area contributed by atoms with E-state index in [4.69, 9.17) is 9.84 Å². The zero-order valence-electron chi connectivity index (χ0n) is 11.3. The molecule has 0 fully saturated rings. The number of ether oxygens (including phenoxy) is 1. The highest BCUT2D eigenvalue weighted by Gasteiger charge is 1.94. The molecular weight excluding hydrogens is 204 g/mol. The fraction of sp³-hybridized carbons (Fsp3) is 0.923. The SMILES string of the molecule is CC(=O)OCCC(C)C.CCCCCCO. The van der Waals surface area contributed by atoms with Gasteiger partial charge in [0, 0.05) is 13.5 Å². The summed E-state index contributed by atoms with van der Waals surface area (Å²) in [4.78, 5) is 10.2. The molecule has 0 aliphatic rings. The highest BCUT2D eigenvalue weighted by atomic mass is 16.5. The lowest BCUT2D eigenvalue weighted by atomic mass is 10.1. The summed E-state index contributed by atoms with van der Waals surface area (Å²) in [6.45, 7) is 8.72. The smallest absolute Gasteiger partial charge is 0.302 e. The Bertz CT molecular complexity index is 140. The van der Waals surface area contributed by atoms with Crippen LogP contribution in [0.2, 0.25) is 0 Å². The molecule has 98 valence electrons. The van der Waals surface area contributed by atoms with E-state index in [1.54, 1.807) is 0 Å². The average Bonchev–Trinajstić information content (AvgIpc) is 2.18. The number of esters is 1. The van der Waals surface area contributed by atoms with Gasteiger partial charge >= 0.3 is 5.97 Å². The van der Waals surface area contributed by atoms with E-state index in [-0.39, 0.29) is 5.97 Å². The number of rotatable bonds is 7. The predicted octanol–water partition coefficient (Wildman–Crippen LogP) is 3.15. The molecule has 3 nitrogen and oxygen atoms in total. The summed E-state index contributed by atoms with van der Waals surface area (Å²) in [5, 5.41) is 8.29. The van der Waals surface area contributed by atoms with Crippen molar-refractivity contribution in [3.63, 3.8) is 0 Å². The quantitative estimate of drug-likeness (QED) is 0.542. The molecule has 0 spiro atoms. The van der Waals surface area contributed by atoms with Crippen LogP contribution < -0.4 is 0 Å². The molecule has 0 heterocycles. The zero-order chi connectivity index (χ0) is 12.8. The molecule has 0 amide bonds. The number of aliphatic hydroxyl groups excluding tert-OH is 1. The first-order chi connectivity index (χ1) is 7.54. The van der Waals surface area contributed by atoms with E-state index >= 15 is 0 Å². The van der Waals surface area contributed by atoms with Gasteiger partial charge in [-0.25, -0.2) is 0 Å². The molecule has 0 aliphatic heterocycles. The number of aliphatic hydroxyl groups is 1. The first-order valence-electron chi connectivity index (χ1n) is 6.28. The summed E-state index contributed by atoms with van der Waals surface area (Å²) in [5.41, 5.74) is 0. The molecule has 0 rings (SSSR count). The second-order valence-electron chi connectivity index (χ2n) is 4.31. The van der Waals surface area contributed by atoms with Gasteiger partial charge in [-0.15, -0.1) is 0 Å². The van der Waals surface area contributed by atoms with Gasteiger partial charge in [-0.3, -0.25) is 4.79 Å². The Morgan fingerprint density at radius 2 is 1.88 bits per heavy atom. The van der Waals surface area contributed by atoms with Gasteiger partial charge in [-0.05, 0) is 18.8 Å². The summed E-state index contributed by atoms with van der Waals surface area (Å²) in [7, 11) is 0. The van der Waals surface area contributed by atoms with E-state index in [0.29, 0.717) is 19.1 Å². The second kappa shape index (κ2) is 14.4. The third-order valence-electron chi connectivity index (χ3n) is 2.01. The van der Waals surface area contributed by atoms with Gasteiger partial charge in [0.2, 0.25) is 0 Å². The van der Waals surface area contributed by atoms with Gasteiger partial charge in [-0.2, -0.15) is 0 Å². The Kier molecular flexibility index (Phi) is 16.1. The van der Waals surface area contributed by atoms with Crippen LogP contribution in [0, 0.1) is 5.92 Å². The molecule has 3 heteroatoms. The third kappa shape index (κ3) is 23.3. The molecule has 1 N–H and O–H groups in total. The first kappa shape index (κ1) is 17.8. The monoisotopic (exact) mass is 232 g/mol. The largest absolute Gasteiger partial charge is 0.466 e. The minimum Gasteiger partial charge on any atom is -0.466 e. The third-order valence-corrected chi connectivity index (χ3v) is 2.01. The highest BCUT2D eigenvalue weighted by molar-refractivity contribution is 5.65. The van der Waals surface area contributed by atoms with Crippen LogP contribution in [0.1, 0.15) is 59.8 Å². The summed E-state index contributed by atoms with van der Waals surface area (Å²) in [6, 6.07) is 0. The van der Waals surface area contributed by atoms with E-state index in [1.807, 2.05) is 0 Å². The molecule has 0 saturated carbocycles. The van der Waals surface area contributed by atoms with Gasteiger partial charge < -0.3 is 9.84 Å². The van der Waals surface area contributed by atoms with Gasteiger partial charge in [-0.1, -0.05) is 40.0 Å². The maximum Gasteiger partial charge on any atom is 0.302 e. The van der Waals surface area contributed by atoms with Crippen LogP contribution in [-0.4, -0.2) is 24.3 Å². The Labute approximate surface area is 100 Å². The summed E-state index contributed by atoms with van der Waals surface area (Å²) in [6.07, 6.45) is 5.64. The standard InChI is InChI=1S/C7H14O2.C6H14O/c1-6(2)4-5-9-7(3)8;1-2-3-4-5-6-7/h6H,4-5H2,1-3H3;7H,2-6H2,1H3. The second-order valence-corrected chi connectivity index (χ2v) is 4.31. The molecule has 0 saturated heterocycles. The molecular formula is C13H28O3. The maximum atomic E-state index is 10.2. The lowest BCUT2D eigenvalue weighted by Gasteiger charge is -2.02.